The average Bonchev–Trinajstić information content (AvgIpc) is 2.77. The quantitative estimate of drug-likeness (QED) is 0.559. The summed E-state index contributed by atoms with van der Waals surface area (Å²) in [4.78, 5) is 26.3. The molecular formula is C19H27NO5. The molecule has 0 aliphatic carbocycles. The Balaban J connectivity index is 2.10. The highest BCUT2D eigenvalue weighted by Gasteiger charge is 2.27. The van der Waals surface area contributed by atoms with Crippen molar-refractivity contribution < 1.29 is 23.8 Å². The van der Waals surface area contributed by atoms with Crippen molar-refractivity contribution in [3.63, 3.8) is 0 Å². The number of fused-ring (bicyclic) bond motifs is 1. The maximum Gasteiger partial charge on any atom is 0.338 e. The highest BCUT2D eigenvalue weighted by atomic mass is 16.5. The molecule has 0 N–H and O–H groups in total. The lowest BCUT2D eigenvalue weighted by atomic mass is 10.0. The third kappa shape index (κ3) is 4.95. The van der Waals surface area contributed by atoms with Gasteiger partial charge in [-0.25, -0.2) is 4.79 Å². The highest BCUT2D eigenvalue weighted by Crippen LogP contribution is 2.33. The molecular weight excluding hydrogens is 322 g/mol. The summed E-state index contributed by atoms with van der Waals surface area (Å²) in [6.45, 7) is 5.71. The molecule has 1 aromatic carbocycles. The van der Waals surface area contributed by atoms with E-state index in [-0.39, 0.29) is 17.9 Å². The lowest BCUT2D eigenvalue weighted by Gasteiger charge is -2.27. The zero-order valence-electron chi connectivity index (χ0n) is 15.2. The van der Waals surface area contributed by atoms with Crippen LogP contribution in [0.3, 0.4) is 0 Å². The molecule has 0 saturated heterocycles. The average molecular weight is 349 g/mol. The number of benzene rings is 1. The fourth-order valence-corrected chi connectivity index (χ4v) is 2.97. The SMILES string of the molecule is CCOC(=O)c1ccc2c(c1)OCCN(C(=O)CCCCOC)C2C. The second-order valence-electron chi connectivity index (χ2n) is 6.03. The van der Waals surface area contributed by atoms with Crippen LogP contribution in [0.5, 0.6) is 5.75 Å². The number of ether oxygens (including phenoxy) is 3. The molecule has 0 spiro atoms. The molecule has 1 unspecified atom stereocenters. The highest BCUT2D eigenvalue weighted by molar-refractivity contribution is 5.90. The van der Waals surface area contributed by atoms with E-state index in [4.69, 9.17) is 14.2 Å². The molecule has 0 fully saturated rings. The molecule has 2 rings (SSSR count). The lowest BCUT2D eigenvalue weighted by Crippen LogP contribution is -2.35. The Morgan fingerprint density at radius 2 is 2.12 bits per heavy atom. The second kappa shape index (κ2) is 9.42. The first kappa shape index (κ1) is 19.2. The maximum atomic E-state index is 12.6. The topological polar surface area (TPSA) is 65.1 Å². The van der Waals surface area contributed by atoms with Crippen LogP contribution in [0.25, 0.3) is 0 Å². The second-order valence-corrected chi connectivity index (χ2v) is 6.03. The van der Waals surface area contributed by atoms with Gasteiger partial charge in [0.2, 0.25) is 5.91 Å². The van der Waals surface area contributed by atoms with E-state index in [0.717, 1.165) is 18.4 Å². The molecule has 25 heavy (non-hydrogen) atoms. The summed E-state index contributed by atoms with van der Waals surface area (Å²) in [5.41, 5.74) is 1.38. The standard InChI is InChI=1S/C19H27NO5/c1-4-24-19(22)15-8-9-16-14(2)20(10-12-25-17(16)13-15)18(21)7-5-6-11-23-3/h8-9,13-14H,4-7,10-12H2,1-3H3. The first-order chi connectivity index (χ1) is 12.1. The largest absolute Gasteiger partial charge is 0.491 e. The van der Waals surface area contributed by atoms with E-state index in [1.54, 1.807) is 26.2 Å². The van der Waals surface area contributed by atoms with Crippen molar-refractivity contribution in [3.8, 4) is 5.75 Å². The smallest absolute Gasteiger partial charge is 0.338 e. The fraction of sp³-hybridized carbons (Fsp3) is 0.579. The summed E-state index contributed by atoms with van der Waals surface area (Å²) in [6, 6.07) is 5.19. The molecule has 6 nitrogen and oxygen atoms in total. The number of nitrogens with zero attached hydrogens (tertiary/aromatic N) is 1. The minimum atomic E-state index is -0.364. The van der Waals surface area contributed by atoms with Crippen LogP contribution in [0, 0.1) is 0 Å². The summed E-state index contributed by atoms with van der Waals surface area (Å²) in [5, 5.41) is 0. The Labute approximate surface area is 149 Å². The third-order valence-electron chi connectivity index (χ3n) is 4.34. The summed E-state index contributed by atoms with van der Waals surface area (Å²) in [7, 11) is 1.66. The number of hydrogen-bond acceptors (Lipinski definition) is 5. The van der Waals surface area contributed by atoms with E-state index in [0.29, 0.717) is 44.1 Å². The molecule has 0 radical (unpaired) electrons. The van der Waals surface area contributed by atoms with Crippen molar-refractivity contribution in [2.24, 2.45) is 0 Å². The van der Waals surface area contributed by atoms with Gasteiger partial charge in [0.15, 0.2) is 0 Å². The zero-order chi connectivity index (χ0) is 18.2. The van der Waals surface area contributed by atoms with Gasteiger partial charge in [-0.05, 0) is 38.8 Å². The first-order valence-electron chi connectivity index (χ1n) is 8.80. The van der Waals surface area contributed by atoms with Gasteiger partial charge in [0.25, 0.3) is 0 Å². The van der Waals surface area contributed by atoms with Crippen molar-refractivity contribution in [1.82, 2.24) is 4.90 Å². The van der Waals surface area contributed by atoms with Gasteiger partial charge in [-0.1, -0.05) is 6.07 Å². The monoisotopic (exact) mass is 349 g/mol. The van der Waals surface area contributed by atoms with Crippen molar-refractivity contribution in [1.29, 1.82) is 0 Å². The Morgan fingerprint density at radius 3 is 2.84 bits per heavy atom. The van der Waals surface area contributed by atoms with E-state index in [1.165, 1.54) is 0 Å². The summed E-state index contributed by atoms with van der Waals surface area (Å²) < 4.78 is 15.8. The van der Waals surface area contributed by atoms with Crippen molar-refractivity contribution >= 4 is 11.9 Å². The number of esters is 1. The van der Waals surface area contributed by atoms with Crippen LogP contribution in [0.2, 0.25) is 0 Å². The van der Waals surface area contributed by atoms with Gasteiger partial charge in [0, 0.05) is 25.7 Å². The Morgan fingerprint density at radius 1 is 1.32 bits per heavy atom. The molecule has 1 aromatic rings. The van der Waals surface area contributed by atoms with Gasteiger partial charge in [-0.3, -0.25) is 4.79 Å². The van der Waals surface area contributed by atoms with Gasteiger partial charge >= 0.3 is 5.97 Å². The minimum Gasteiger partial charge on any atom is -0.491 e. The molecule has 1 aliphatic heterocycles. The Bertz CT molecular complexity index is 601. The molecule has 1 aliphatic rings. The summed E-state index contributed by atoms with van der Waals surface area (Å²) in [6.07, 6.45) is 2.19. The maximum absolute atomic E-state index is 12.6. The molecule has 0 aromatic heterocycles. The van der Waals surface area contributed by atoms with Gasteiger partial charge in [-0.15, -0.1) is 0 Å². The molecule has 1 heterocycles. The number of methoxy groups -OCH3 is 1. The van der Waals surface area contributed by atoms with Crippen LogP contribution in [0.1, 0.15) is 55.1 Å². The lowest BCUT2D eigenvalue weighted by molar-refractivity contribution is -0.133. The van der Waals surface area contributed by atoms with Crippen LogP contribution in [0.15, 0.2) is 18.2 Å². The van der Waals surface area contributed by atoms with E-state index in [1.807, 2.05) is 17.9 Å². The van der Waals surface area contributed by atoms with Crippen molar-refractivity contribution in [3.05, 3.63) is 29.3 Å². The van der Waals surface area contributed by atoms with E-state index in [2.05, 4.69) is 0 Å². The number of amides is 1. The van der Waals surface area contributed by atoms with Crippen molar-refractivity contribution in [2.45, 2.75) is 39.2 Å². The summed E-state index contributed by atoms with van der Waals surface area (Å²) >= 11 is 0. The predicted octanol–water partition coefficient (Wildman–Crippen LogP) is 2.96. The van der Waals surface area contributed by atoms with Crippen LogP contribution in [0.4, 0.5) is 0 Å². The van der Waals surface area contributed by atoms with Crippen LogP contribution in [-0.4, -0.2) is 50.3 Å². The minimum absolute atomic E-state index is 0.0938. The molecule has 138 valence electrons. The Hall–Kier alpha value is -2.08. The first-order valence-corrected chi connectivity index (χ1v) is 8.80. The molecule has 1 amide bonds. The number of carbonyl (C=O) groups excluding carboxylic acids is 2. The van der Waals surface area contributed by atoms with Gasteiger partial charge in [0.1, 0.15) is 12.4 Å². The summed E-state index contributed by atoms with van der Waals surface area (Å²) in [5.74, 6) is 0.402. The molecule has 0 saturated carbocycles. The van der Waals surface area contributed by atoms with Crippen LogP contribution < -0.4 is 4.74 Å². The normalized spacial score (nSPS) is 16.6. The van der Waals surface area contributed by atoms with Gasteiger partial charge in [0.05, 0.1) is 24.8 Å². The Kier molecular flexibility index (Phi) is 7.25. The number of unbranched alkanes of at least 4 members (excludes halogenated alkanes) is 1. The van der Waals surface area contributed by atoms with Crippen LogP contribution in [-0.2, 0) is 14.3 Å². The number of rotatable bonds is 7. The molecule has 0 bridgehead atoms. The van der Waals surface area contributed by atoms with Gasteiger partial charge in [-0.2, -0.15) is 0 Å². The van der Waals surface area contributed by atoms with E-state index >= 15 is 0 Å². The fourth-order valence-electron chi connectivity index (χ4n) is 2.97. The van der Waals surface area contributed by atoms with Crippen molar-refractivity contribution in [2.75, 3.05) is 33.5 Å². The number of hydrogen-bond donors (Lipinski definition) is 0. The number of carbonyl (C=O) groups is 2. The molecule has 1 atom stereocenters. The predicted molar refractivity (Wildman–Crippen MR) is 93.7 cm³/mol. The molecule has 6 heteroatoms. The van der Waals surface area contributed by atoms with Crippen LogP contribution >= 0.6 is 0 Å². The van der Waals surface area contributed by atoms with Gasteiger partial charge < -0.3 is 19.1 Å². The zero-order valence-corrected chi connectivity index (χ0v) is 15.2. The third-order valence-corrected chi connectivity index (χ3v) is 4.34. The van der Waals surface area contributed by atoms with E-state index in [9.17, 15) is 9.59 Å². The van der Waals surface area contributed by atoms with E-state index < -0.39 is 0 Å².